The van der Waals surface area contributed by atoms with Crippen LogP contribution in [0.4, 0.5) is 0 Å². The molecule has 27 heavy (non-hydrogen) atoms. The summed E-state index contributed by atoms with van der Waals surface area (Å²) in [5.41, 5.74) is 2.39. The van der Waals surface area contributed by atoms with Gasteiger partial charge in [-0.3, -0.25) is 0 Å². The number of allylic oxidation sites excluding steroid dienone is 2. The van der Waals surface area contributed by atoms with Crippen molar-refractivity contribution in [2.45, 2.75) is 74.0 Å². The highest BCUT2D eigenvalue weighted by atomic mass is 16.6. The Labute approximate surface area is 168 Å². The minimum atomic E-state index is -0.352. The van der Waals surface area contributed by atoms with Crippen molar-refractivity contribution in [1.29, 1.82) is 0 Å². The molecule has 1 aromatic rings. The van der Waals surface area contributed by atoms with Gasteiger partial charge in [0.25, 0.3) is 0 Å². The zero-order chi connectivity index (χ0) is 21.2. The molecule has 0 aromatic heterocycles. The van der Waals surface area contributed by atoms with Gasteiger partial charge >= 0.3 is 7.12 Å². The summed E-state index contributed by atoms with van der Waals surface area (Å²) in [5.74, 6) is 0.479. The monoisotopic (exact) mass is 376 g/mol. The summed E-state index contributed by atoms with van der Waals surface area (Å²) < 4.78 is 11.8. The van der Waals surface area contributed by atoms with E-state index in [1.165, 1.54) is 11.6 Å². The summed E-state index contributed by atoms with van der Waals surface area (Å²) in [6.07, 6.45) is 6.50. The third kappa shape index (κ3) is 14.4. The number of hydrogen-bond acceptors (Lipinski definition) is 3. The highest BCUT2D eigenvalue weighted by Crippen LogP contribution is 2.09. The van der Waals surface area contributed by atoms with E-state index in [1.54, 1.807) is 6.92 Å². The minimum Gasteiger partial charge on any atom is -0.408 e. The second-order valence-corrected chi connectivity index (χ2v) is 6.36. The number of benzene rings is 1. The first kappa shape index (κ1) is 27.9. The molecule has 0 heterocycles. The zero-order valence-electron chi connectivity index (χ0n) is 18.7. The molecule has 1 aromatic carbocycles. The fraction of sp³-hybridized carbons (Fsp3) is 0.565. The van der Waals surface area contributed by atoms with Crippen LogP contribution < -0.4 is 5.46 Å². The van der Waals surface area contributed by atoms with Crippen molar-refractivity contribution < 1.29 is 14.4 Å². The molecule has 1 N–H and O–H groups in total. The van der Waals surface area contributed by atoms with Crippen molar-refractivity contribution in [3.8, 4) is 0 Å². The summed E-state index contributed by atoms with van der Waals surface area (Å²) in [7, 11) is -0.270. The van der Waals surface area contributed by atoms with Gasteiger partial charge in [0.2, 0.25) is 0 Å². The topological polar surface area (TPSA) is 38.7 Å². The minimum absolute atomic E-state index is 0.175. The van der Waals surface area contributed by atoms with Crippen molar-refractivity contribution in [3.63, 3.8) is 0 Å². The predicted molar refractivity (Wildman–Crippen MR) is 121 cm³/mol. The van der Waals surface area contributed by atoms with E-state index in [4.69, 9.17) is 14.4 Å². The highest BCUT2D eigenvalue weighted by Gasteiger charge is 2.24. The van der Waals surface area contributed by atoms with Gasteiger partial charge in [0.1, 0.15) is 0 Å². The van der Waals surface area contributed by atoms with Crippen molar-refractivity contribution in [1.82, 2.24) is 0 Å². The standard InChI is InChI=1S/C17H27BO2.C4H8O.C2H6/c1-6-8-9-16-10-12-17(13-11-16)18(19-7-2)20-15(5)14(3)4;1-3-4(2)5;1-2/h6,8,10-15H,7,9H2,1-5H3;3-5H,1H2,2H3;1-2H3/b8-6-;;. The highest BCUT2D eigenvalue weighted by molar-refractivity contribution is 6.61. The second-order valence-electron chi connectivity index (χ2n) is 6.36. The quantitative estimate of drug-likeness (QED) is 0.477. The summed E-state index contributed by atoms with van der Waals surface area (Å²) in [6, 6.07) is 8.49. The second kappa shape index (κ2) is 18.0. The Bertz CT molecular complexity index is 481. The van der Waals surface area contributed by atoms with Crippen LogP contribution in [-0.2, 0) is 15.7 Å². The molecule has 0 aliphatic rings. The molecule has 0 aliphatic heterocycles. The summed E-state index contributed by atoms with van der Waals surface area (Å²) >= 11 is 0. The van der Waals surface area contributed by atoms with E-state index >= 15 is 0 Å². The van der Waals surface area contributed by atoms with Gasteiger partial charge in [-0.15, -0.1) is 6.58 Å². The fourth-order valence-corrected chi connectivity index (χ4v) is 1.78. The Hall–Kier alpha value is -1.36. The van der Waals surface area contributed by atoms with E-state index in [0.717, 1.165) is 11.9 Å². The molecule has 0 fully saturated rings. The first-order valence-electron chi connectivity index (χ1n) is 10.1. The van der Waals surface area contributed by atoms with Crippen LogP contribution in [0.15, 0.2) is 49.1 Å². The molecule has 154 valence electrons. The van der Waals surface area contributed by atoms with E-state index in [-0.39, 0.29) is 19.3 Å². The number of aliphatic hydroxyl groups excluding tert-OH is 1. The van der Waals surface area contributed by atoms with E-state index in [1.807, 2.05) is 27.7 Å². The molecule has 0 radical (unpaired) electrons. The molecule has 4 heteroatoms. The van der Waals surface area contributed by atoms with E-state index in [2.05, 4.69) is 63.8 Å². The third-order valence-corrected chi connectivity index (χ3v) is 3.78. The Morgan fingerprint density at radius 1 is 1.11 bits per heavy atom. The largest absolute Gasteiger partial charge is 0.494 e. The van der Waals surface area contributed by atoms with Crippen molar-refractivity contribution in [3.05, 3.63) is 54.6 Å². The van der Waals surface area contributed by atoms with Crippen LogP contribution in [0.25, 0.3) is 0 Å². The Morgan fingerprint density at radius 3 is 2.00 bits per heavy atom. The Balaban J connectivity index is 0. The van der Waals surface area contributed by atoms with Gasteiger partial charge in [-0.05, 0) is 51.1 Å². The number of hydrogen-bond donors (Lipinski definition) is 1. The summed E-state index contributed by atoms with van der Waals surface area (Å²) in [5, 5.41) is 8.24. The van der Waals surface area contributed by atoms with Crippen LogP contribution in [0, 0.1) is 5.92 Å². The van der Waals surface area contributed by atoms with Crippen LogP contribution in [0.2, 0.25) is 0 Å². The maximum atomic E-state index is 8.24. The first-order chi connectivity index (χ1) is 12.8. The van der Waals surface area contributed by atoms with E-state index in [0.29, 0.717) is 12.5 Å². The van der Waals surface area contributed by atoms with Crippen molar-refractivity contribution >= 4 is 12.6 Å². The fourth-order valence-electron chi connectivity index (χ4n) is 1.78. The maximum Gasteiger partial charge on any atom is 0.494 e. The molecule has 0 bridgehead atoms. The molecule has 0 saturated heterocycles. The predicted octanol–water partition coefficient (Wildman–Crippen LogP) is 5.18. The third-order valence-electron chi connectivity index (χ3n) is 3.78. The van der Waals surface area contributed by atoms with Gasteiger partial charge in [0.15, 0.2) is 0 Å². The zero-order valence-corrected chi connectivity index (χ0v) is 18.7. The van der Waals surface area contributed by atoms with E-state index in [9.17, 15) is 0 Å². The molecule has 2 atom stereocenters. The van der Waals surface area contributed by atoms with Crippen LogP contribution >= 0.6 is 0 Å². The molecule has 0 aliphatic carbocycles. The molecule has 0 spiro atoms. The normalized spacial score (nSPS) is 12.5. The lowest BCUT2D eigenvalue weighted by atomic mass is 9.77. The number of rotatable bonds is 9. The smallest absolute Gasteiger partial charge is 0.408 e. The van der Waals surface area contributed by atoms with Gasteiger partial charge in [0, 0.05) is 12.7 Å². The summed E-state index contributed by atoms with van der Waals surface area (Å²) in [4.78, 5) is 0. The first-order valence-corrected chi connectivity index (χ1v) is 10.1. The Morgan fingerprint density at radius 2 is 1.63 bits per heavy atom. The lowest BCUT2D eigenvalue weighted by molar-refractivity contribution is 0.125. The number of aliphatic hydroxyl groups is 1. The summed E-state index contributed by atoms with van der Waals surface area (Å²) in [6.45, 7) is 20.1. The SMILES string of the molecule is C/C=C\Cc1ccc(B(OCC)OC(C)C(C)C)cc1.C=CC(C)O.CC. The van der Waals surface area contributed by atoms with E-state index < -0.39 is 0 Å². The van der Waals surface area contributed by atoms with Gasteiger partial charge in [0.05, 0.1) is 6.10 Å². The molecule has 3 nitrogen and oxygen atoms in total. The molecule has 2 unspecified atom stereocenters. The molecule has 0 saturated carbocycles. The average Bonchev–Trinajstić information content (AvgIpc) is 2.68. The van der Waals surface area contributed by atoms with Crippen molar-refractivity contribution in [2.75, 3.05) is 6.61 Å². The molecule has 1 rings (SSSR count). The lowest BCUT2D eigenvalue weighted by Gasteiger charge is -2.22. The van der Waals surface area contributed by atoms with Gasteiger partial charge in [-0.1, -0.05) is 70.2 Å². The molecular weight excluding hydrogens is 335 g/mol. The van der Waals surface area contributed by atoms with Crippen LogP contribution in [-0.4, -0.2) is 31.0 Å². The van der Waals surface area contributed by atoms with Gasteiger partial charge < -0.3 is 14.4 Å². The van der Waals surface area contributed by atoms with Crippen LogP contribution in [0.1, 0.15) is 61.0 Å². The lowest BCUT2D eigenvalue weighted by Crippen LogP contribution is -2.40. The van der Waals surface area contributed by atoms with Gasteiger partial charge in [-0.25, -0.2) is 0 Å². The average molecular weight is 376 g/mol. The Kier molecular flexibility index (Phi) is 18.6. The van der Waals surface area contributed by atoms with Crippen LogP contribution in [0.3, 0.4) is 0 Å². The van der Waals surface area contributed by atoms with Crippen LogP contribution in [0.5, 0.6) is 0 Å². The molecular formula is C23H41BO3. The van der Waals surface area contributed by atoms with Crippen molar-refractivity contribution in [2.24, 2.45) is 5.92 Å². The van der Waals surface area contributed by atoms with Gasteiger partial charge in [-0.2, -0.15) is 0 Å². The maximum absolute atomic E-state index is 8.24. The molecule has 0 amide bonds.